The van der Waals surface area contributed by atoms with Gasteiger partial charge in [0.1, 0.15) is 0 Å². The molecule has 1 aliphatic heterocycles. The molecule has 0 saturated carbocycles. The minimum Gasteiger partial charge on any atom is -0.493 e. The van der Waals surface area contributed by atoms with Gasteiger partial charge in [0, 0.05) is 39.8 Å². The first kappa shape index (κ1) is 20.8. The van der Waals surface area contributed by atoms with Gasteiger partial charge < -0.3 is 14.8 Å². The third-order valence-corrected chi connectivity index (χ3v) is 5.76. The number of halogens is 2. The van der Waals surface area contributed by atoms with Crippen LogP contribution in [0.4, 0.5) is 5.69 Å². The molecular weight excluding hydrogens is 399 g/mol. The molecule has 0 unspecified atom stereocenters. The maximum Gasteiger partial charge on any atom is 0.227 e. The molecule has 150 valence electrons. The highest BCUT2D eigenvalue weighted by molar-refractivity contribution is 6.35. The molecular formula is C21H24Cl2N2O3. The average Bonchev–Trinajstić information content (AvgIpc) is 2.71. The molecule has 28 heavy (non-hydrogen) atoms. The Morgan fingerprint density at radius 1 is 1.07 bits per heavy atom. The second-order valence-electron chi connectivity index (χ2n) is 6.81. The smallest absolute Gasteiger partial charge is 0.227 e. The number of hydrogen-bond donors (Lipinski definition) is 1. The van der Waals surface area contributed by atoms with E-state index >= 15 is 0 Å². The zero-order chi connectivity index (χ0) is 20.1. The van der Waals surface area contributed by atoms with Crippen LogP contribution in [0.1, 0.15) is 18.4 Å². The first-order valence-corrected chi connectivity index (χ1v) is 9.95. The van der Waals surface area contributed by atoms with Gasteiger partial charge in [0.15, 0.2) is 11.5 Å². The minimum absolute atomic E-state index is 0.0222. The third kappa shape index (κ3) is 4.90. The maximum atomic E-state index is 12.7. The van der Waals surface area contributed by atoms with Gasteiger partial charge in [0.05, 0.1) is 14.2 Å². The Morgan fingerprint density at radius 3 is 2.32 bits per heavy atom. The second kappa shape index (κ2) is 9.50. The minimum atomic E-state index is -0.0222. The summed E-state index contributed by atoms with van der Waals surface area (Å²) in [5.41, 5.74) is 1.65. The molecule has 1 amide bonds. The number of methoxy groups -OCH3 is 2. The summed E-state index contributed by atoms with van der Waals surface area (Å²) in [5.74, 6) is 1.23. The van der Waals surface area contributed by atoms with Crippen molar-refractivity contribution in [2.45, 2.75) is 19.4 Å². The molecule has 1 N–H and O–H groups in total. The zero-order valence-electron chi connectivity index (χ0n) is 16.0. The van der Waals surface area contributed by atoms with Crippen molar-refractivity contribution in [1.29, 1.82) is 0 Å². The molecule has 0 radical (unpaired) electrons. The largest absolute Gasteiger partial charge is 0.493 e. The van der Waals surface area contributed by atoms with Crippen molar-refractivity contribution < 1.29 is 14.3 Å². The Morgan fingerprint density at radius 2 is 1.71 bits per heavy atom. The normalized spacial score (nSPS) is 15.3. The van der Waals surface area contributed by atoms with Gasteiger partial charge >= 0.3 is 0 Å². The number of nitrogens with zero attached hydrogens (tertiary/aromatic N) is 1. The predicted octanol–water partition coefficient (Wildman–Crippen LogP) is 4.86. The highest BCUT2D eigenvalue weighted by Crippen LogP contribution is 2.31. The maximum absolute atomic E-state index is 12.7. The van der Waals surface area contributed by atoms with Crippen molar-refractivity contribution in [3.8, 4) is 11.5 Å². The summed E-state index contributed by atoms with van der Waals surface area (Å²) in [5, 5.41) is 4.35. The van der Waals surface area contributed by atoms with Gasteiger partial charge in [0.25, 0.3) is 0 Å². The van der Waals surface area contributed by atoms with E-state index in [4.69, 9.17) is 32.7 Å². The lowest BCUT2D eigenvalue weighted by molar-refractivity contribution is -0.121. The summed E-state index contributed by atoms with van der Waals surface area (Å²) >= 11 is 12.5. The second-order valence-corrected chi connectivity index (χ2v) is 7.62. The van der Waals surface area contributed by atoms with Crippen molar-refractivity contribution in [2.24, 2.45) is 5.92 Å². The van der Waals surface area contributed by atoms with E-state index in [1.165, 1.54) is 0 Å². The lowest BCUT2D eigenvalue weighted by atomic mass is 9.95. The standard InChI is InChI=1S/C21H24Cl2N2O3/c1-27-19-7-6-15(12-20(19)28-2)24-21(26)14-8-10-25(11-9-14)13-16-17(22)4-3-5-18(16)23/h3-7,12,14H,8-11,13H2,1-2H3,(H,24,26). The quantitative estimate of drug-likeness (QED) is 0.721. The molecule has 3 rings (SSSR count). The summed E-state index contributed by atoms with van der Waals surface area (Å²) in [6.45, 7) is 2.35. The number of benzene rings is 2. The summed E-state index contributed by atoms with van der Waals surface area (Å²) in [6, 6.07) is 10.9. The van der Waals surface area contributed by atoms with Gasteiger partial charge in [-0.3, -0.25) is 9.69 Å². The van der Waals surface area contributed by atoms with Crippen LogP contribution in [0.2, 0.25) is 10.0 Å². The fourth-order valence-electron chi connectivity index (χ4n) is 3.42. The molecule has 1 aliphatic rings. The van der Waals surface area contributed by atoms with Crippen molar-refractivity contribution in [2.75, 3.05) is 32.6 Å². The number of nitrogens with one attached hydrogen (secondary N) is 1. The van der Waals surface area contributed by atoms with E-state index in [1.54, 1.807) is 26.4 Å². The molecule has 2 aromatic carbocycles. The molecule has 1 saturated heterocycles. The first-order valence-electron chi connectivity index (χ1n) is 9.20. The topological polar surface area (TPSA) is 50.8 Å². The number of ether oxygens (including phenoxy) is 2. The van der Waals surface area contributed by atoms with Gasteiger partial charge in [-0.2, -0.15) is 0 Å². The van der Waals surface area contributed by atoms with E-state index in [0.717, 1.165) is 31.5 Å². The van der Waals surface area contributed by atoms with E-state index in [0.29, 0.717) is 33.8 Å². The SMILES string of the molecule is COc1ccc(NC(=O)C2CCN(Cc3c(Cl)cccc3Cl)CC2)cc1OC. The number of amides is 1. The number of hydrogen-bond acceptors (Lipinski definition) is 4. The van der Waals surface area contributed by atoms with Gasteiger partial charge in [-0.25, -0.2) is 0 Å². The lowest BCUT2D eigenvalue weighted by Crippen LogP contribution is -2.37. The van der Waals surface area contributed by atoms with Crippen LogP contribution in [-0.2, 0) is 11.3 Å². The van der Waals surface area contributed by atoms with Gasteiger partial charge in [-0.1, -0.05) is 29.3 Å². The van der Waals surface area contributed by atoms with Crippen molar-refractivity contribution >= 4 is 34.8 Å². The predicted molar refractivity (Wildman–Crippen MR) is 113 cm³/mol. The van der Waals surface area contributed by atoms with Crippen LogP contribution < -0.4 is 14.8 Å². The van der Waals surface area contributed by atoms with E-state index in [9.17, 15) is 4.79 Å². The Hall–Kier alpha value is -1.95. The molecule has 5 nitrogen and oxygen atoms in total. The summed E-state index contributed by atoms with van der Waals surface area (Å²) in [6.07, 6.45) is 1.59. The molecule has 1 fully saturated rings. The monoisotopic (exact) mass is 422 g/mol. The van der Waals surface area contributed by atoms with Crippen LogP contribution in [0.3, 0.4) is 0 Å². The Bertz CT molecular complexity index is 816. The molecule has 0 bridgehead atoms. The fraction of sp³-hybridized carbons (Fsp3) is 0.381. The Kier molecular flexibility index (Phi) is 7.05. The van der Waals surface area contributed by atoms with E-state index in [-0.39, 0.29) is 11.8 Å². The summed E-state index contributed by atoms with van der Waals surface area (Å²) in [4.78, 5) is 14.9. The molecule has 0 spiro atoms. The van der Waals surface area contributed by atoms with Crippen molar-refractivity contribution in [3.05, 3.63) is 52.0 Å². The van der Waals surface area contributed by atoms with Crippen LogP contribution in [-0.4, -0.2) is 38.1 Å². The van der Waals surface area contributed by atoms with Gasteiger partial charge in [-0.05, 0) is 50.2 Å². The number of carbonyl (C=O) groups excluding carboxylic acids is 1. The van der Waals surface area contributed by atoms with Crippen LogP contribution in [0.25, 0.3) is 0 Å². The van der Waals surface area contributed by atoms with Gasteiger partial charge in [-0.15, -0.1) is 0 Å². The van der Waals surface area contributed by atoms with Crippen molar-refractivity contribution in [1.82, 2.24) is 4.90 Å². The molecule has 0 atom stereocenters. The van der Waals surface area contributed by atoms with Crippen LogP contribution in [0.15, 0.2) is 36.4 Å². The van der Waals surface area contributed by atoms with Crippen LogP contribution >= 0.6 is 23.2 Å². The zero-order valence-corrected chi connectivity index (χ0v) is 17.5. The summed E-state index contributed by atoms with van der Waals surface area (Å²) in [7, 11) is 3.16. The molecule has 0 aliphatic carbocycles. The lowest BCUT2D eigenvalue weighted by Gasteiger charge is -2.31. The highest BCUT2D eigenvalue weighted by atomic mass is 35.5. The van der Waals surface area contributed by atoms with Gasteiger partial charge in [0.2, 0.25) is 5.91 Å². The van der Waals surface area contributed by atoms with Crippen LogP contribution in [0.5, 0.6) is 11.5 Å². The number of rotatable bonds is 6. The first-order chi connectivity index (χ1) is 13.5. The highest BCUT2D eigenvalue weighted by Gasteiger charge is 2.26. The Labute approximate surface area is 175 Å². The van der Waals surface area contributed by atoms with E-state index in [2.05, 4.69) is 10.2 Å². The summed E-state index contributed by atoms with van der Waals surface area (Å²) < 4.78 is 10.5. The Balaban J connectivity index is 1.55. The molecule has 7 heteroatoms. The average molecular weight is 423 g/mol. The van der Waals surface area contributed by atoms with Crippen LogP contribution in [0, 0.1) is 5.92 Å². The number of anilines is 1. The molecule has 1 heterocycles. The number of piperidine rings is 1. The van der Waals surface area contributed by atoms with E-state index < -0.39 is 0 Å². The van der Waals surface area contributed by atoms with Crippen molar-refractivity contribution in [3.63, 3.8) is 0 Å². The molecule has 0 aromatic heterocycles. The van der Waals surface area contributed by atoms with E-state index in [1.807, 2.05) is 24.3 Å². The number of carbonyl (C=O) groups is 1. The number of likely N-dealkylation sites (tertiary alicyclic amines) is 1. The fourth-order valence-corrected chi connectivity index (χ4v) is 3.94. The third-order valence-electron chi connectivity index (χ3n) is 5.05. The molecule has 2 aromatic rings.